The highest BCUT2D eigenvalue weighted by Gasteiger charge is 2.14. The minimum absolute atomic E-state index is 0.191. The average Bonchev–Trinajstić information content (AvgIpc) is 2.64. The normalized spacial score (nSPS) is 15.0. The van der Waals surface area contributed by atoms with Gasteiger partial charge in [0.25, 0.3) is 5.91 Å². The third-order valence-electron chi connectivity index (χ3n) is 4.47. The van der Waals surface area contributed by atoms with Crippen LogP contribution in [0.4, 0.5) is 11.6 Å². The second kappa shape index (κ2) is 7.90. The van der Waals surface area contributed by atoms with Crippen LogP contribution < -0.4 is 10.6 Å². The summed E-state index contributed by atoms with van der Waals surface area (Å²) in [6, 6.07) is 8.32. The molecule has 5 heteroatoms. The van der Waals surface area contributed by atoms with Gasteiger partial charge in [0.1, 0.15) is 0 Å². The lowest BCUT2D eigenvalue weighted by Gasteiger charge is -2.22. The number of carbonyl (C=O) groups excluding carboxylic acids is 1. The predicted molar refractivity (Wildman–Crippen MR) is 96.3 cm³/mol. The number of aromatic nitrogens is 2. The standard InChI is InChI=1S/C19H24N4O/c1-2-14-8-10-17(11-9-14)22-18(24)15-12-20-19(21-13-15)23-16-6-4-3-5-7-16/h8-13,16H,2-7H2,1H3,(H,22,24)(H,20,21,23). The van der Waals surface area contributed by atoms with Gasteiger partial charge in [-0.3, -0.25) is 4.79 Å². The molecule has 0 spiro atoms. The van der Waals surface area contributed by atoms with E-state index in [1.807, 2.05) is 24.3 Å². The maximum Gasteiger partial charge on any atom is 0.258 e. The summed E-state index contributed by atoms with van der Waals surface area (Å²) in [5, 5.41) is 6.23. The summed E-state index contributed by atoms with van der Waals surface area (Å²) in [6.45, 7) is 2.10. The number of nitrogens with one attached hydrogen (secondary N) is 2. The van der Waals surface area contributed by atoms with Crippen molar-refractivity contribution in [3.63, 3.8) is 0 Å². The second-order valence-corrected chi connectivity index (χ2v) is 6.28. The Morgan fingerprint density at radius 3 is 2.38 bits per heavy atom. The Morgan fingerprint density at radius 2 is 1.75 bits per heavy atom. The number of nitrogens with zero attached hydrogens (tertiary/aromatic N) is 2. The Balaban J connectivity index is 1.58. The molecule has 5 nitrogen and oxygen atoms in total. The highest BCUT2D eigenvalue weighted by molar-refractivity contribution is 6.03. The number of carbonyl (C=O) groups is 1. The third kappa shape index (κ3) is 4.31. The van der Waals surface area contributed by atoms with E-state index in [0.717, 1.165) is 12.1 Å². The molecule has 0 atom stereocenters. The quantitative estimate of drug-likeness (QED) is 0.871. The van der Waals surface area contributed by atoms with E-state index in [4.69, 9.17) is 0 Å². The number of anilines is 2. The number of hydrogen-bond acceptors (Lipinski definition) is 4. The first-order valence-electron chi connectivity index (χ1n) is 8.73. The van der Waals surface area contributed by atoms with Crippen molar-refractivity contribution in [2.75, 3.05) is 10.6 Å². The summed E-state index contributed by atoms with van der Waals surface area (Å²) in [4.78, 5) is 20.8. The molecule has 0 unspecified atom stereocenters. The molecule has 126 valence electrons. The molecule has 2 N–H and O–H groups in total. The minimum atomic E-state index is -0.191. The molecule has 1 saturated carbocycles. The van der Waals surface area contributed by atoms with Gasteiger partial charge in [-0.2, -0.15) is 0 Å². The molecule has 1 aromatic carbocycles. The lowest BCUT2D eigenvalue weighted by atomic mass is 9.96. The lowest BCUT2D eigenvalue weighted by molar-refractivity contribution is 0.102. The summed E-state index contributed by atoms with van der Waals surface area (Å²) in [6.07, 6.45) is 10.3. The van der Waals surface area contributed by atoms with Gasteiger partial charge >= 0.3 is 0 Å². The zero-order valence-electron chi connectivity index (χ0n) is 14.1. The smallest absolute Gasteiger partial charge is 0.258 e. The van der Waals surface area contributed by atoms with Gasteiger partial charge in [0, 0.05) is 24.1 Å². The molecule has 2 aromatic rings. The van der Waals surface area contributed by atoms with Crippen LogP contribution in [0.1, 0.15) is 54.9 Å². The van der Waals surface area contributed by atoms with Crippen LogP contribution in [0.25, 0.3) is 0 Å². The van der Waals surface area contributed by atoms with Crippen LogP contribution in [0.3, 0.4) is 0 Å². The number of hydrogen-bond donors (Lipinski definition) is 2. The van der Waals surface area contributed by atoms with Gasteiger partial charge in [-0.15, -0.1) is 0 Å². The monoisotopic (exact) mass is 324 g/mol. The summed E-state index contributed by atoms with van der Waals surface area (Å²) in [5.74, 6) is 0.411. The first-order chi connectivity index (χ1) is 11.7. The molecule has 1 aromatic heterocycles. The van der Waals surface area contributed by atoms with E-state index < -0.39 is 0 Å². The summed E-state index contributed by atoms with van der Waals surface area (Å²) >= 11 is 0. The van der Waals surface area contributed by atoms with Gasteiger partial charge in [0.2, 0.25) is 5.95 Å². The fourth-order valence-corrected chi connectivity index (χ4v) is 2.98. The van der Waals surface area contributed by atoms with Crippen LogP contribution in [0, 0.1) is 0 Å². The van der Waals surface area contributed by atoms with Crippen molar-refractivity contribution >= 4 is 17.5 Å². The predicted octanol–water partition coefficient (Wildman–Crippen LogP) is 4.04. The van der Waals surface area contributed by atoms with Gasteiger partial charge in [-0.25, -0.2) is 9.97 Å². The van der Waals surface area contributed by atoms with Crippen molar-refractivity contribution in [1.82, 2.24) is 9.97 Å². The van der Waals surface area contributed by atoms with E-state index in [1.165, 1.54) is 37.7 Å². The van der Waals surface area contributed by atoms with Crippen LogP contribution >= 0.6 is 0 Å². The first-order valence-corrected chi connectivity index (χ1v) is 8.73. The molecule has 1 aliphatic rings. The van der Waals surface area contributed by atoms with Gasteiger partial charge in [0.15, 0.2) is 0 Å². The molecule has 3 rings (SSSR count). The fourth-order valence-electron chi connectivity index (χ4n) is 2.98. The number of aryl methyl sites for hydroxylation is 1. The van der Waals surface area contributed by atoms with Gasteiger partial charge in [0.05, 0.1) is 5.56 Å². The van der Waals surface area contributed by atoms with Crippen molar-refractivity contribution in [1.29, 1.82) is 0 Å². The van der Waals surface area contributed by atoms with Crippen molar-refractivity contribution in [3.8, 4) is 0 Å². The molecule has 0 bridgehead atoms. The molecule has 1 aliphatic carbocycles. The van der Waals surface area contributed by atoms with Crippen LogP contribution in [0.2, 0.25) is 0 Å². The SMILES string of the molecule is CCc1ccc(NC(=O)c2cnc(NC3CCCCC3)nc2)cc1. The Labute approximate surface area is 142 Å². The maximum atomic E-state index is 12.3. The van der Waals surface area contributed by atoms with Crippen LogP contribution in [0.15, 0.2) is 36.7 Å². The average molecular weight is 324 g/mol. The molecule has 0 aliphatic heterocycles. The zero-order chi connectivity index (χ0) is 16.8. The van der Waals surface area contributed by atoms with E-state index >= 15 is 0 Å². The van der Waals surface area contributed by atoms with Crippen LogP contribution in [0.5, 0.6) is 0 Å². The summed E-state index contributed by atoms with van der Waals surface area (Å²) in [7, 11) is 0. The molecule has 1 amide bonds. The van der Waals surface area contributed by atoms with E-state index in [9.17, 15) is 4.79 Å². The molecule has 0 saturated heterocycles. The van der Waals surface area contributed by atoms with Crippen molar-refractivity contribution < 1.29 is 4.79 Å². The van der Waals surface area contributed by atoms with Gasteiger partial charge in [-0.05, 0) is 37.0 Å². The zero-order valence-corrected chi connectivity index (χ0v) is 14.1. The highest BCUT2D eigenvalue weighted by atomic mass is 16.1. The number of benzene rings is 1. The molecule has 24 heavy (non-hydrogen) atoms. The Hall–Kier alpha value is -2.43. The maximum absolute atomic E-state index is 12.3. The van der Waals surface area contributed by atoms with Crippen molar-refractivity contribution in [2.24, 2.45) is 0 Å². The topological polar surface area (TPSA) is 66.9 Å². The van der Waals surface area contributed by atoms with E-state index in [2.05, 4.69) is 27.5 Å². The minimum Gasteiger partial charge on any atom is -0.351 e. The first kappa shape index (κ1) is 16.4. The van der Waals surface area contributed by atoms with Gasteiger partial charge in [-0.1, -0.05) is 38.3 Å². The summed E-state index contributed by atoms with van der Waals surface area (Å²) in [5.41, 5.74) is 2.49. The second-order valence-electron chi connectivity index (χ2n) is 6.28. The van der Waals surface area contributed by atoms with E-state index in [1.54, 1.807) is 12.4 Å². The van der Waals surface area contributed by atoms with Crippen LogP contribution in [-0.4, -0.2) is 21.9 Å². The van der Waals surface area contributed by atoms with E-state index in [-0.39, 0.29) is 5.91 Å². The van der Waals surface area contributed by atoms with E-state index in [0.29, 0.717) is 17.6 Å². The number of amides is 1. The van der Waals surface area contributed by atoms with Crippen LogP contribution in [-0.2, 0) is 6.42 Å². The Kier molecular flexibility index (Phi) is 5.41. The number of rotatable bonds is 5. The largest absolute Gasteiger partial charge is 0.351 e. The summed E-state index contributed by atoms with van der Waals surface area (Å²) < 4.78 is 0. The molecular formula is C19H24N4O. The fraction of sp³-hybridized carbons (Fsp3) is 0.421. The highest BCUT2D eigenvalue weighted by Crippen LogP contribution is 2.20. The lowest BCUT2D eigenvalue weighted by Crippen LogP contribution is -2.23. The Morgan fingerprint density at radius 1 is 1.08 bits per heavy atom. The van der Waals surface area contributed by atoms with Crippen molar-refractivity contribution in [3.05, 3.63) is 47.8 Å². The molecule has 0 radical (unpaired) electrons. The third-order valence-corrected chi connectivity index (χ3v) is 4.47. The molecule has 1 heterocycles. The Bertz CT molecular complexity index is 661. The molecular weight excluding hydrogens is 300 g/mol. The molecule has 1 fully saturated rings. The van der Waals surface area contributed by atoms with Crippen molar-refractivity contribution in [2.45, 2.75) is 51.5 Å². The van der Waals surface area contributed by atoms with Gasteiger partial charge < -0.3 is 10.6 Å².